The molecule has 0 saturated carbocycles. The lowest BCUT2D eigenvalue weighted by Gasteiger charge is -2.08. The number of halogens is 4. The molecule has 7 heteroatoms. The second-order valence-corrected chi connectivity index (χ2v) is 4.03. The summed E-state index contributed by atoms with van der Waals surface area (Å²) in [6, 6.07) is 1.76. The van der Waals surface area contributed by atoms with E-state index >= 15 is 0 Å². The van der Waals surface area contributed by atoms with Crippen LogP contribution in [0.3, 0.4) is 0 Å². The van der Waals surface area contributed by atoms with E-state index in [1.54, 1.807) is 10.9 Å². The number of aryl methyl sites for hydroxylation is 1. The zero-order valence-electron chi connectivity index (χ0n) is 9.37. The fourth-order valence-corrected chi connectivity index (χ4v) is 1.69. The van der Waals surface area contributed by atoms with Crippen LogP contribution in [0.4, 0.5) is 13.2 Å². The smallest absolute Gasteiger partial charge is 0.272 e. The first kappa shape index (κ1) is 12.9. The van der Waals surface area contributed by atoms with Crippen molar-refractivity contribution < 1.29 is 13.2 Å². The molecule has 0 spiro atoms. The molecule has 0 N–H and O–H groups in total. The minimum atomic E-state index is -4.44. The molecular weight excluding hydrogens is 267 g/mol. The van der Waals surface area contributed by atoms with Crippen LogP contribution in [-0.4, -0.2) is 14.8 Å². The van der Waals surface area contributed by atoms with Crippen LogP contribution in [0, 0.1) is 0 Å². The van der Waals surface area contributed by atoms with Crippen LogP contribution in [0.2, 0.25) is 5.15 Å². The highest BCUT2D eigenvalue weighted by Gasteiger charge is 2.31. The van der Waals surface area contributed by atoms with E-state index in [-0.39, 0.29) is 10.8 Å². The van der Waals surface area contributed by atoms with Crippen molar-refractivity contribution >= 4 is 11.6 Å². The van der Waals surface area contributed by atoms with Gasteiger partial charge in [0.05, 0.1) is 17.5 Å². The molecule has 2 aromatic rings. The summed E-state index contributed by atoms with van der Waals surface area (Å²) in [5, 5.41) is 3.79. The average Bonchev–Trinajstić information content (AvgIpc) is 2.75. The minimum absolute atomic E-state index is 0.162. The zero-order chi connectivity index (χ0) is 13.3. The van der Waals surface area contributed by atoms with Crippen LogP contribution in [0.15, 0.2) is 24.5 Å². The number of hydrogen-bond donors (Lipinski definition) is 0. The van der Waals surface area contributed by atoms with Crippen molar-refractivity contribution in [1.82, 2.24) is 14.8 Å². The molecule has 0 radical (unpaired) electrons. The molecule has 96 valence electrons. The standard InChI is InChI=1S/C11H9ClF3N3/c1-2-18-6-7(5-16-18)9-3-8(11(13,14)15)4-10(12)17-9/h3-6H,2H2,1H3. The number of alkyl halides is 3. The van der Waals surface area contributed by atoms with Gasteiger partial charge in [-0.15, -0.1) is 0 Å². The van der Waals surface area contributed by atoms with Crippen molar-refractivity contribution in [1.29, 1.82) is 0 Å². The summed E-state index contributed by atoms with van der Waals surface area (Å²) in [6.07, 6.45) is -1.36. The van der Waals surface area contributed by atoms with E-state index in [0.29, 0.717) is 12.1 Å². The number of aromatic nitrogens is 3. The summed E-state index contributed by atoms with van der Waals surface area (Å²) in [7, 11) is 0. The third kappa shape index (κ3) is 2.64. The molecular formula is C11H9ClF3N3. The van der Waals surface area contributed by atoms with E-state index in [4.69, 9.17) is 11.6 Å². The van der Waals surface area contributed by atoms with E-state index in [9.17, 15) is 13.2 Å². The first-order valence-electron chi connectivity index (χ1n) is 5.17. The Morgan fingerprint density at radius 2 is 2.06 bits per heavy atom. The molecule has 0 aliphatic heterocycles. The first-order chi connectivity index (χ1) is 8.40. The number of pyridine rings is 1. The van der Waals surface area contributed by atoms with Gasteiger partial charge in [0.15, 0.2) is 0 Å². The second-order valence-electron chi connectivity index (χ2n) is 3.65. The fraction of sp³-hybridized carbons (Fsp3) is 0.273. The molecule has 3 nitrogen and oxygen atoms in total. The highest BCUT2D eigenvalue weighted by molar-refractivity contribution is 6.29. The molecule has 0 saturated heterocycles. The fourth-order valence-electron chi connectivity index (χ4n) is 1.48. The van der Waals surface area contributed by atoms with Gasteiger partial charge in [-0.1, -0.05) is 11.6 Å². The highest BCUT2D eigenvalue weighted by atomic mass is 35.5. The third-order valence-corrected chi connectivity index (χ3v) is 2.57. The normalized spacial score (nSPS) is 11.8. The molecule has 0 bridgehead atoms. The number of rotatable bonds is 2. The van der Waals surface area contributed by atoms with Gasteiger partial charge in [-0.05, 0) is 19.1 Å². The van der Waals surface area contributed by atoms with E-state index in [1.165, 1.54) is 6.20 Å². The Morgan fingerprint density at radius 3 is 2.61 bits per heavy atom. The molecule has 0 amide bonds. The van der Waals surface area contributed by atoms with Gasteiger partial charge < -0.3 is 0 Å². The maximum Gasteiger partial charge on any atom is 0.416 e. The number of hydrogen-bond acceptors (Lipinski definition) is 2. The molecule has 2 heterocycles. The largest absolute Gasteiger partial charge is 0.416 e. The number of nitrogens with zero attached hydrogens (tertiary/aromatic N) is 3. The van der Waals surface area contributed by atoms with Crippen LogP contribution < -0.4 is 0 Å². The van der Waals surface area contributed by atoms with Gasteiger partial charge in [-0.2, -0.15) is 18.3 Å². The molecule has 0 aliphatic carbocycles. The van der Waals surface area contributed by atoms with Gasteiger partial charge in [-0.25, -0.2) is 4.98 Å². The molecule has 2 aromatic heterocycles. The van der Waals surface area contributed by atoms with Crippen LogP contribution in [-0.2, 0) is 12.7 Å². The molecule has 18 heavy (non-hydrogen) atoms. The Balaban J connectivity index is 2.48. The predicted octanol–water partition coefficient (Wildman–Crippen LogP) is 3.64. The van der Waals surface area contributed by atoms with Crippen molar-refractivity contribution in [2.75, 3.05) is 0 Å². The lowest BCUT2D eigenvalue weighted by molar-refractivity contribution is -0.137. The Bertz CT molecular complexity index is 563. The Morgan fingerprint density at radius 1 is 1.33 bits per heavy atom. The van der Waals surface area contributed by atoms with Crippen molar-refractivity contribution in [2.24, 2.45) is 0 Å². The van der Waals surface area contributed by atoms with Crippen molar-refractivity contribution in [3.05, 3.63) is 35.2 Å². The third-order valence-electron chi connectivity index (χ3n) is 2.37. The van der Waals surface area contributed by atoms with Gasteiger partial charge in [0.2, 0.25) is 0 Å². The summed E-state index contributed by atoms with van der Waals surface area (Å²) in [5.74, 6) is 0. The topological polar surface area (TPSA) is 30.7 Å². The molecule has 2 rings (SSSR count). The van der Waals surface area contributed by atoms with E-state index < -0.39 is 11.7 Å². The van der Waals surface area contributed by atoms with Crippen molar-refractivity contribution in [2.45, 2.75) is 19.6 Å². The van der Waals surface area contributed by atoms with Crippen LogP contribution in [0.25, 0.3) is 11.3 Å². The van der Waals surface area contributed by atoms with Crippen molar-refractivity contribution in [3.8, 4) is 11.3 Å². The van der Waals surface area contributed by atoms with Gasteiger partial charge in [0, 0.05) is 18.3 Å². The Labute approximate surface area is 106 Å². The summed E-state index contributed by atoms with van der Waals surface area (Å²) in [5.41, 5.74) is -0.152. The molecule has 0 atom stereocenters. The quantitative estimate of drug-likeness (QED) is 0.784. The van der Waals surface area contributed by atoms with Gasteiger partial charge in [-0.3, -0.25) is 4.68 Å². The maximum absolute atomic E-state index is 12.6. The van der Waals surface area contributed by atoms with Gasteiger partial charge in [0.25, 0.3) is 0 Å². The van der Waals surface area contributed by atoms with E-state index in [2.05, 4.69) is 10.1 Å². The Kier molecular flexibility index (Phi) is 3.30. The predicted molar refractivity (Wildman–Crippen MR) is 61.1 cm³/mol. The first-order valence-corrected chi connectivity index (χ1v) is 5.55. The minimum Gasteiger partial charge on any atom is -0.272 e. The van der Waals surface area contributed by atoms with Crippen LogP contribution in [0.5, 0.6) is 0 Å². The zero-order valence-corrected chi connectivity index (χ0v) is 10.1. The summed E-state index contributed by atoms with van der Waals surface area (Å²) >= 11 is 5.61. The lowest BCUT2D eigenvalue weighted by Crippen LogP contribution is -2.05. The van der Waals surface area contributed by atoms with Crippen LogP contribution >= 0.6 is 11.6 Å². The summed E-state index contributed by atoms with van der Waals surface area (Å²) in [4.78, 5) is 3.88. The second kappa shape index (κ2) is 4.61. The SMILES string of the molecule is CCn1cc(-c2cc(C(F)(F)F)cc(Cl)n2)cn1. The lowest BCUT2D eigenvalue weighted by atomic mass is 10.1. The molecule has 0 unspecified atom stereocenters. The highest BCUT2D eigenvalue weighted by Crippen LogP contribution is 2.33. The van der Waals surface area contributed by atoms with Gasteiger partial charge in [0.1, 0.15) is 5.15 Å². The monoisotopic (exact) mass is 275 g/mol. The van der Waals surface area contributed by atoms with E-state index in [0.717, 1.165) is 12.1 Å². The molecule has 0 aromatic carbocycles. The van der Waals surface area contributed by atoms with Crippen LogP contribution in [0.1, 0.15) is 12.5 Å². The Hall–Kier alpha value is -1.56. The molecule has 0 fully saturated rings. The summed E-state index contributed by atoms with van der Waals surface area (Å²) in [6.45, 7) is 2.51. The maximum atomic E-state index is 12.6. The average molecular weight is 276 g/mol. The van der Waals surface area contributed by atoms with Gasteiger partial charge >= 0.3 is 6.18 Å². The van der Waals surface area contributed by atoms with E-state index in [1.807, 2.05) is 6.92 Å². The summed E-state index contributed by atoms with van der Waals surface area (Å²) < 4.78 is 39.5. The van der Waals surface area contributed by atoms with Crippen molar-refractivity contribution in [3.63, 3.8) is 0 Å². The molecule has 0 aliphatic rings.